The van der Waals surface area contributed by atoms with Crippen LogP contribution in [0.2, 0.25) is 0 Å². The minimum atomic E-state index is -2.91. The summed E-state index contributed by atoms with van der Waals surface area (Å²) in [6.45, 7) is -0.0344. The highest BCUT2D eigenvalue weighted by molar-refractivity contribution is 7.90. The Morgan fingerprint density at radius 3 is 2.62 bits per heavy atom. The third-order valence-electron chi connectivity index (χ3n) is 2.20. The Labute approximate surface area is 76.9 Å². The summed E-state index contributed by atoms with van der Waals surface area (Å²) in [6.07, 6.45) is 0. The zero-order valence-corrected chi connectivity index (χ0v) is 7.84. The van der Waals surface area contributed by atoms with Gasteiger partial charge in [0.2, 0.25) is 0 Å². The van der Waals surface area contributed by atoms with Crippen LogP contribution in [0.5, 0.6) is 0 Å². The van der Waals surface area contributed by atoms with E-state index in [1.54, 1.807) is 18.2 Å². The zero-order chi connectivity index (χ0) is 9.47. The Bertz CT molecular complexity index is 434. The molecule has 1 heterocycles. The van der Waals surface area contributed by atoms with Crippen LogP contribution in [0.1, 0.15) is 16.7 Å². The van der Waals surface area contributed by atoms with Gasteiger partial charge in [0.05, 0.1) is 18.1 Å². The van der Waals surface area contributed by atoms with E-state index >= 15 is 0 Å². The quantitative estimate of drug-likeness (QED) is 0.719. The van der Waals surface area contributed by atoms with Gasteiger partial charge in [-0.15, -0.1) is 0 Å². The van der Waals surface area contributed by atoms with E-state index in [0.717, 1.165) is 16.7 Å². The number of hydrogen-bond acceptors (Lipinski definition) is 3. The first-order chi connectivity index (χ1) is 6.11. The maximum Gasteiger partial charge on any atom is 0.158 e. The number of hydrogen-bond donors (Lipinski definition) is 1. The van der Waals surface area contributed by atoms with Crippen molar-refractivity contribution in [1.29, 1.82) is 0 Å². The molecule has 3 nitrogen and oxygen atoms in total. The topological polar surface area (TPSA) is 54.4 Å². The minimum Gasteiger partial charge on any atom is -0.392 e. The average Bonchev–Trinajstić information content (AvgIpc) is 2.36. The summed E-state index contributed by atoms with van der Waals surface area (Å²) in [7, 11) is -2.91. The molecule has 4 heteroatoms. The number of sulfone groups is 1. The summed E-state index contributed by atoms with van der Waals surface area (Å²) in [5, 5.41) is 8.85. The lowest BCUT2D eigenvalue weighted by Gasteiger charge is -1.99. The maximum absolute atomic E-state index is 11.2. The van der Waals surface area contributed by atoms with E-state index in [2.05, 4.69) is 0 Å². The van der Waals surface area contributed by atoms with Gasteiger partial charge in [-0.05, 0) is 16.7 Å². The van der Waals surface area contributed by atoms with Crippen molar-refractivity contribution in [3.05, 3.63) is 34.9 Å². The number of aliphatic hydroxyl groups excluding tert-OH is 1. The van der Waals surface area contributed by atoms with E-state index in [1.165, 1.54) is 0 Å². The molecule has 1 aliphatic heterocycles. The molecule has 0 radical (unpaired) electrons. The lowest BCUT2D eigenvalue weighted by atomic mass is 10.1. The van der Waals surface area contributed by atoms with Crippen LogP contribution in [0.4, 0.5) is 0 Å². The third-order valence-corrected chi connectivity index (χ3v) is 3.71. The Balaban J connectivity index is 2.47. The van der Waals surface area contributed by atoms with E-state index in [1.807, 2.05) is 0 Å². The first-order valence-corrected chi connectivity index (χ1v) is 5.85. The molecule has 13 heavy (non-hydrogen) atoms. The zero-order valence-electron chi connectivity index (χ0n) is 7.03. The third kappa shape index (κ3) is 1.59. The molecule has 0 saturated heterocycles. The summed E-state index contributed by atoms with van der Waals surface area (Å²) in [5.41, 5.74) is 2.49. The fraction of sp³-hybridized carbons (Fsp3) is 0.333. The molecule has 0 amide bonds. The Morgan fingerprint density at radius 1 is 1.23 bits per heavy atom. The molecule has 1 N–H and O–H groups in total. The van der Waals surface area contributed by atoms with Crippen LogP contribution in [-0.2, 0) is 27.9 Å². The lowest BCUT2D eigenvalue weighted by Crippen LogP contribution is -1.95. The second-order valence-electron chi connectivity index (χ2n) is 3.29. The van der Waals surface area contributed by atoms with Crippen molar-refractivity contribution in [3.63, 3.8) is 0 Å². The summed E-state index contributed by atoms with van der Waals surface area (Å²) in [4.78, 5) is 0. The molecule has 0 bridgehead atoms. The van der Waals surface area contributed by atoms with Gasteiger partial charge in [-0.25, -0.2) is 8.42 Å². The molecule has 1 aromatic carbocycles. The van der Waals surface area contributed by atoms with Gasteiger partial charge in [0.25, 0.3) is 0 Å². The van der Waals surface area contributed by atoms with Crippen LogP contribution < -0.4 is 0 Å². The predicted octanol–water partition coefficient (Wildman–Crippen LogP) is 0.607. The van der Waals surface area contributed by atoms with Gasteiger partial charge in [-0.2, -0.15) is 0 Å². The molecule has 0 unspecified atom stereocenters. The lowest BCUT2D eigenvalue weighted by molar-refractivity contribution is 0.281. The number of benzene rings is 1. The van der Waals surface area contributed by atoms with Crippen LogP contribution in [0.3, 0.4) is 0 Å². The smallest absolute Gasteiger partial charge is 0.158 e. The van der Waals surface area contributed by atoms with Gasteiger partial charge < -0.3 is 5.11 Å². The van der Waals surface area contributed by atoms with Crippen molar-refractivity contribution in [2.75, 3.05) is 0 Å². The minimum absolute atomic E-state index is 0.0344. The molecule has 70 valence electrons. The molecule has 1 aromatic rings. The first-order valence-electron chi connectivity index (χ1n) is 4.03. The summed E-state index contributed by atoms with van der Waals surface area (Å²) < 4.78 is 22.4. The second-order valence-corrected chi connectivity index (χ2v) is 5.36. The van der Waals surface area contributed by atoms with E-state index in [9.17, 15) is 8.42 Å². The molecular formula is C9H10O3S. The Hall–Kier alpha value is -0.870. The van der Waals surface area contributed by atoms with Crippen molar-refractivity contribution in [2.24, 2.45) is 0 Å². The second kappa shape index (κ2) is 2.82. The normalized spacial score (nSPS) is 18.5. The highest BCUT2D eigenvalue weighted by Crippen LogP contribution is 2.25. The molecule has 0 fully saturated rings. The van der Waals surface area contributed by atoms with Gasteiger partial charge in [0, 0.05) is 0 Å². The predicted molar refractivity (Wildman–Crippen MR) is 48.7 cm³/mol. The van der Waals surface area contributed by atoms with Crippen LogP contribution >= 0.6 is 0 Å². The van der Waals surface area contributed by atoms with Crippen molar-refractivity contribution < 1.29 is 13.5 Å². The van der Waals surface area contributed by atoms with Gasteiger partial charge in [0.1, 0.15) is 0 Å². The van der Waals surface area contributed by atoms with E-state index in [-0.39, 0.29) is 18.1 Å². The van der Waals surface area contributed by atoms with Gasteiger partial charge in [-0.1, -0.05) is 18.2 Å². The monoisotopic (exact) mass is 198 g/mol. The van der Waals surface area contributed by atoms with Crippen LogP contribution in [-0.4, -0.2) is 13.5 Å². The number of fused-ring (bicyclic) bond motifs is 1. The molecule has 0 saturated carbocycles. The van der Waals surface area contributed by atoms with Crippen LogP contribution in [0, 0.1) is 0 Å². The first kappa shape index (κ1) is 8.72. The van der Waals surface area contributed by atoms with E-state index in [0.29, 0.717) is 0 Å². The SMILES string of the molecule is O=S1(=O)Cc2ccc(CO)cc2C1. The Kier molecular flexibility index (Phi) is 1.89. The van der Waals surface area contributed by atoms with Crippen LogP contribution in [0.25, 0.3) is 0 Å². The summed E-state index contributed by atoms with van der Waals surface area (Å²) >= 11 is 0. The highest BCUT2D eigenvalue weighted by Gasteiger charge is 2.24. The molecule has 2 rings (SSSR count). The Morgan fingerprint density at radius 2 is 1.92 bits per heavy atom. The molecule has 0 aromatic heterocycles. The van der Waals surface area contributed by atoms with Gasteiger partial charge >= 0.3 is 0 Å². The standard InChI is InChI=1S/C9H10O3S/c10-4-7-1-2-8-5-13(11,12)6-9(8)3-7/h1-3,10H,4-6H2. The number of rotatable bonds is 1. The maximum atomic E-state index is 11.2. The van der Waals surface area contributed by atoms with Crippen LogP contribution in [0.15, 0.2) is 18.2 Å². The molecule has 0 atom stereocenters. The average molecular weight is 198 g/mol. The van der Waals surface area contributed by atoms with E-state index < -0.39 is 9.84 Å². The summed E-state index contributed by atoms with van der Waals surface area (Å²) in [5.74, 6) is 0.268. The summed E-state index contributed by atoms with van der Waals surface area (Å²) in [6, 6.07) is 5.31. The van der Waals surface area contributed by atoms with Gasteiger partial charge in [0.15, 0.2) is 9.84 Å². The fourth-order valence-electron chi connectivity index (χ4n) is 1.58. The molecule has 0 spiro atoms. The van der Waals surface area contributed by atoms with Crippen molar-refractivity contribution >= 4 is 9.84 Å². The van der Waals surface area contributed by atoms with Crippen molar-refractivity contribution in [3.8, 4) is 0 Å². The molecular weight excluding hydrogens is 188 g/mol. The molecule has 1 aliphatic rings. The van der Waals surface area contributed by atoms with Crippen molar-refractivity contribution in [1.82, 2.24) is 0 Å². The van der Waals surface area contributed by atoms with Gasteiger partial charge in [-0.3, -0.25) is 0 Å². The highest BCUT2D eigenvalue weighted by atomic mass is 32.2. The fourth-order valence-corrected chi connectivity index (χ4v) is 3.18. The number of aliphatic hydroxyl groups is 1. The van der Waals surface area contributed by atoms with Crippen molar-refractivity contribution in [2.45, 2.75) is 18.1 Å². The van der Waals surface area contributed by atoms with E-state index in [4.69, 9.17) is 5.11 Å². The molecule has 0 aliphatic carbocycles. The largest absolute Gasteiger partial charge is 0.392 e.